The molecular weight excluding hydrogens is 360 g/mol. The fourth-order valence-corrected chi connectivity index (χ4v) is 3.34. The Labute approximate surface area is 159 Å². The molecule has 3 aromatic heterocycles. The summed E-state index contributed by atoms with van der Waals surface area (Å²) in [6, 6.07) is 9.42. The van der Waals surface area contributed by atoms with E-state index in [2.05, 4.69) is 25.7 Å². The lowest BCUT2D eigenvalue weighted by Gasteiger charge is -2.26. The van der Waals surface area contributed by atoms with Gasteiger partial charge in [-0.2, -0.15) is 5.10 Å². The van der Waals surface area contributed by atoms with Crippen molar-refractivity contribution < 1.29 is 14.1 Å². The molecule has 1 aliphatic rings. The van der Waals surface area contributed by atoms with Gasteiger partial charge < -0.3 is 19.5 Å². The molecule has 5 rings (SSSR count). The van der Waals surface area contributed by atoms with Crippen molar-refractivity contribution in [3.05, 3.63) is 42.2 Å². The zero-order chi connectivity index (χ0) is 18.9. The molecule has 142 valence electrons. The first-order valence-corrected chi connectivity index (χ1v) is 9.08. The summed E-state index contributed by atoms with van der Waals surface area (Å²) in [4.78, 5) is 18.6. The molecule has 1 aliphatic heterocycles. The molecule has 1 aromatic carbocycles. The average molecular weight is 378 g/mol. The van der Waals surface area contributed by atoms with Crippen LogP contribution in [0.4, 0.5) is 11.5 Å². The van der Waals surface area contributed by atoms with E-state index in [1.54, 1.807) is 11.1 Å². The smallest absolute Gasteiger partial charge is 0.228 e. The number of aromatic nitrogens is 4. The normalized spacial score (nSPS) is 14.6. The van der Waals surface area contributed by atoms with Crippen LogP contribution in [0.15, 0.2) is 41.1 Å². The Morgan fingerprint density at radius 2 is 2.14 bits per heavy atom. The van der Waals surface area contributed by atoms with Crippen LogP contribution in [0.2, 0.25) is 0 Å². The second-order valence-corrected chi connectivity index (χ2v) is 6.61. The number of fused-ring (bicyclic) bond motifs is 2. The van der Waals surface area contributed by atoms with Crippen LogP contribution in [0.25, 0.3) is 22.0 Å². The van der Waals surface area contributed by atoms with Crippen molar-refractivity contribution in [2.75, 3.05) is 31.6 Å². The van der Waals surface area contributed by atoms with Gasteiger partial charge in [0, 0.05) is 36.4 Å². The van der Waals surface area contributed by atoms with Crippen molar-refractivity contribution in [3.8, 4) is 0 Å². The summed E-state index contributed by atoms with van der Waals surface area (Å²) in [6.07, 6.45) is 1.94. The van der Waals surface area contributed by atoms with Gasteiger partial charge in [-0.3, -0.25) is 14.9 Å². The lowest BCUT2D eigenvalue weighted by molar-refractivity contribution is -0.134. The highest BCUT2D eigenvalue weighted by Crippen LogP contribution is 2.27. The van der Waals surface area contributed by atoms with E-state index >= 15 is 0 Å². The highest BCUT2D eigenvalue weighted by molar-refractivity contribution is 5.91. The van der Waals surface area contributed by atoms with E-state index in [0.717, 1.165) is 22.1 Å². The molecule has 4 aromatic rings. The van der Waals surface area contributed by atoms with Crippen molar-refractivity contribution >= 4 is 39.4 Å². The molecule has 9 heteroatoms. The van der Waals surface area contributed by atoms with Crippen LogP contribution in [0, 0.1) is 0 Å². The molecule has 1 amide bonds. The Morgan fingerprint density at radius 3 is 3.04 bits per heavy atom. The van der Waals surface area contributed by atoms with Gasteiger partial charge in [-0.05, 0) is 24.3 Å². The van der Waals surface area contributed by atoms with Gasteiger partial charge in [0.25, 0.3) is 0 Å². The van der Waals surface area contributed by atoms with Crippen LogP contribution in [0.1, 0.15) is 5.69 Å². The molecule has 4 heterocycles. The van der Waals surface area contributed by atoms with Crippen molar-refractivity contribution in [1.82, 2.24) is 25.2 Å². The molecule has 0 saturated carbocycles. The molecule has 28 heavy (non-hydrogen) atoms. The Kier molecular flexibility index (Phi) is 4.13. The fraction of sp³-hybridized carbons (Fsp3) is 0.263. The van der Waals surface area contributed by atoms with Crippen LogP contribution in [-0.2, 0) is 16.0 Å². The summed E-state index contributed by atoms with van der Waals surface area (Å²) < 4.78 is 10.7. The van der Waals surface area contributed by atoms with Crippen molar-refractivity contribution in [2.24, 2.45) is 0 Å². The first-order valence-electron chi connectivity index (χ1n) is 9.08. The van der Waals surface area contributed by atoms with E-state index in [-0.39, 0.29) is 12.3 Å². The monoisotopic (exact) mass is 378 g/mol. The molecule has 1 saturated heterocycles. The van der Waals surface area contributed by atoms with E-state index in [0.29, 0.717) is 43.4 Å². The second kappa shape index (κ2) is 6.93. The van der Waals surface area contributed by atoms with Gasteiger partial charge in [0.1, 0.15) is 11.2 Å². The largest absolute Gasteiger partial charge is 0.378 e. The number of benzene rings is 1. The Hall–Kier alpha value is -3.46. The summed E-state index contributed by atoms with van der Waals surface area (Å²) in [7, 11) is 0. The topological polar surface area (TPSA) is 109 Å². The number of hydrogen-bond acceptors (Lipinski definition) is 7. The number of anilines is 2. The van der Waals surface area contributed by atoms with Gasteiger partial charge in [-0.15, -0.1) is 0 Å². The molecule has 0 spiro atoms. The number of nitrogens with one attached hydrogen (secondary N) is 2. The van der Waals surface area contributed by atoms with E-state index in [4.69, 9.17) is 9.26 Å². The van der Waals surface area contributed by atoms with E-state index in [1.165, 1.54) is 0 Å². The first-order chi connectivity index (χ1) is 13.8. The minimum Gasteiger partial charge on any atom is -0.378 e. The van der Waals surface area contributed by atoms with Crippen LogP contribution in [0.5, 0.6) is 0 Å². The summed E-state index contributed by atoms with van der Waals surface area (Å²) in [5.41, 5.74) is 3.67. The second-order valence-electron chi connectivity index (χ2n) is 6.61. The van der Waals surface area contributed by atoms with Crippen molar-refractivity contribution in [1.29, 1.82) is 0 Å². The number of pyridine rings is 1. The zero-order valence-corrected chi connectivity index (χ0v) is 15.0. The van der Waals surface area contributed by atoms with Gasteiger partial charge in [0.2, 0.25) is 5.91 Å². The third kappa shape index (κ3) is 3.05. The maximum atomic E-state index is 12.5. The third-order valence-corrected chi connectivity index (χ3v) is 4.81. The van der Waals surface area contributed by atoms with Crippen LogP contribution in [0.3, 0.4) is 0 Å². The highest BCUT2D eigenvalue weighted by atomic mass is 16.5. The number of rotatable bonds is 4. The number of nitrogens with zero attached hydrogens (tertiary/aromatic N) is 4. The number of morpholine rings is 1. The SMILES string of the molecule is O=C(Cc1noc2cc(Nc3n[nH]c4cccnc34)ccc12)N1CCOCC1. The third-order valence-electron chi connectivity index (χ3n) is 4.81. The average Bonchev–Trinajstić information content (AvgIpc) is 3.33. The predicted molar refractivity (Wildman–Crippen MR) is 102 cm³/mol. The standard InChI is InChI=1S/C19H18N6O3/c26-17(25-6-8-27-9-7-25)11-15-13-4-3-12(10-16(13)28-24-15)21-19-18-14(22-23-19)2-1-5-20-18/h1-5,10H,6-9,11H2,(H2,21,22,23). The van der Waals surface area contributed by atoms with Gasteiger partial charge in [0.15, 0.2) is 11.4 Å². The zero-order valence-electron chi connectivity index (χ0n) is 15.0. The molecule has 9 nitrogen and oxygen atoms in total. The molecule has 0 radical (unpaired) electrons. The van der Waals surface area contributed by atoms with Gasteiger partial charge >= 0.3 is 0 Å². The van der Waals surface area contributed by atoms with Crippen molar-refractivity contribution in [2.45, 2.75) is 6.42 Å². The molecule has 0 bridgehead atoms. The van der Waals surface area contributed by atoms with E-state index < -0.39 is 0 Å². The number of hydrogen-bond donors (Lipinski definition) is 2. The van der Waals surface area contributed by atoms with E-state index in [9.17, 15) is 4.79 Å². The quantitative estimate of drug-likeness (QED) is 0.560. The number of carbonyl (C=O) groups excluding carboxylic acids is 1. The van der Waals surface area contributed by atoms with Gasteiger partial charge in [-0.25, -0.2) is 0 Å². The molecule has 0 unspecified atom stereocenters. The van der Waals surface area contributed by atoms with Crippen LogP contribution >= 0.6 is 0 Å². The maximum absolute atomic E-state index is 12.5. The number of ether oxygens (including phenoxy) is 1. The number of amides is 1. The summed E-state index contributed by atoms with van der Waals surface area (Å²) in [6.45, 7) is 2.40. The van der Waals surface area contributed by atoms with Gasteiger partial charge in [-0.1, -0.05) is 5.16 Å². The van der Waals surface area contributed by atoms with E-state index in [1.807, 2.05) is 30.3 Å². The molecule has 1 fully saturated rings. The summed E-state index contributed by atoms with van der Waals surface area (Å²) in [5.74, 6) is 0.673. The summed E-state index contributed by atoms with van der Waals surface area (Å²) in [5, 5.41) is 15.4. The first kappa shape index (κ1) is 16.7. The molecule has 0 aliphatic carbocycles. The number of aromatic amines is 1. The lowest BCUT2D eigenvalue weighted by atomic mass is 10.1. The maximum Gasteiger partial charge on any atom is 0.228 e. The Bertz CT molecular complexity index is 1140. The minimum absolute atomic E-state index is 0.0368. The minimum atomic E-state index is 0.0368. The van der Waals surface area contributed by atoms with Crippen LogP contribution < -0.4 is 5.32 Å². The highest BCUT2D eigenvalue weighted by Gasteiger charge is 2.20. The predicted octanol–water partition coefficient (Wildman–Crippen LogP) is 2.24. The van der Waals surface area contributed by atoms with Crippen molar-refractivity contribution in [3.63, 3.8) is 0 Å². The lowest BCUT2D eigenvalue weighted by Crippen LogP contribution is -2.41. The van der Waals surface area contributed by atoms with Gasteiger partial charge in [0.05, 0.1) is 25.2 Å². The molecule has 2 N–H and O–H groups in total. The fourth-order valence-electron chi connectivity index (χ4n) is 3.34. The number of carbonyl (C=O) groups is 1. The number of H-pyrrole nitrogens is 1. The molecular formula is C19H18N6O3. The molecule has 0 atom stereocenters. The Balaban J connectivity index is 1.36. The van der Waals surface area contributed by atoms with Crippen LogP contribution in [-0.4, -0.2) is 57.4 Å². The summed E-state index contributed by atoms with van der Waals surface area (Å²) >= 11 is 0. The Morgan fingerprint density at radius 1 is 1.25 bits per heavy atom.